The Morgan fingerprint density at radius 1 is 0.833 bits per heavy atom. The molecule has 0 aliphatic carbocycles. The van der Waals surface area contributed by atoms with Crippen molar-refractivity contribution in [2.45, 2.75) is 27.3 Å². The highest BCUT2D eigenvalue weighted by molar-refractivity contribution is 5.59. The fraction of sp³-hybridized carbons (Fsp3) is 0.200. The predicted octanol–water partition coefficient (Wildman–Crippen LogP) is 4.76. The highest BCUT2D eigenvalue weighted by atomic mass is 15.1. The summed E-state index contributed by atoms with van der Waals surface area (Å²) in [7, 11) is 0. The van der Waals surface area contributed by atoms with Gasteiger partial charge in [-0.25, -0.2) is 4.98 Å². The largest absolute Gasteiger partial charge is 0.350 e. The third-order valence-corrected chi connectivity index (χ3v) is 3.93. The molecule has 122 valence electrons. The van der Waals surface area contributed by atoms with E-state index in [9.17, 15) is 0 Å². The fourth-order valence-corrected chi connectivity index (χ4v) is 2.46. The summed E-state index contributed by atoms with van der Waals surface area (Å²) >= 11 is 0. The second kappa shape index (κ2) is 7.13. The van der Waals surface area contributed by atoms with Crippen LogP contribution in [-0.4, -0.2) is 9.97 Å². The van der Waals surface area contributed by atoms with Gasteiger partial charge in [0.2, 0.25) is 5.95 Å². The molecule has 0 aliphatic rings. The van der Waals surface area contributed by atoms with Crippen LogP contribution in [0.15, 0.2) is 54.6 Å². The standard InChI is InChI=1S/C20H22N4/c1-14-9-10-18(11-15(14)2)23-19-12-16(3)22-20(24-19)21-13-17-7-5-4-6-8-17/h4-12H,13H2,1-3H3,(H2,21,22,23,24). The van der Waals surface area contributed by atoms with Crippen LogP contribution in [0, 0.1) is 20.8 Å². The average Bonchev–Trinajstić information content (AvgIpc) is 2.57. The zero-order valence-corrected chi connectivity index (χ0v) is 14.3. The molecule has 4 heteroatoms. The Hall–Kier alpha value is -2.88. The van der Waals surface area contributed by atoms with Crippen molar-refractivity contribution in [3.8, 4) is 0 Å². The van der Waals surface area contributed by atoms with Crippen molar-refractivity contribution in [3.63, 3.8) is 0 Å². The van der Waals surface area contributed by atoms with Crippen molar-refractivity contribution < 1.29 is 0 Å². The first kappa shape index (κ1) is 16.0. The maximum atomic E-state index is 4.56. The highest BCUT2D eigenvalue weighted by Gasteiger charge is 2.04. The minimum absolute atomic E-state index is 0.630. The molecule has 4 nitrogen and oxygen atoms in total. The Bertz CT molecular complexity index is 828. The SMILES string of the molecule is Cc1cc(Nc2ccc(C)c(C)c2)nc(NCc2ccccc2)n1. The van der Waals surface area contributed by atoms with Gasteiger partial charge < -0.3 is 10.6 Å². The lowest BCUT2D eigenvalue weighted by molar-refractivity contribution is 1.03. The summed E-state index contributed by atoms with van der Waals surface area (Å²) in [6.45, 7) is 6.90. The maximum absolute atomic E-state index is 4.56. The van der Waals surface area contributed by atoms with Gasteiger partial charge in [-0.3, -0.25) is 0 Å². The first-order valence-electron chi connectivity index (χ1n) is 8.08. The first-order chi connectivity index (χ1) is 11.6. The summed E-state index contributed by atoms with van der Waals surface area (Å²) in [5.74, 6) is 1.42. The van der Waals surface area contributed by atoms with E-state index in [-0.39, 0.29) is 0 Å². The quantitative estimate of drug-likeness (QED) is 0.712. The molecule has 0 bridgehead atoms. The van der Waals surface area contributed by atoms with Crippen LogP contribution in [0.1, 0.15) is 22.4 Å². The molecule has 0 atom stereocenters. The predicted molar refractivity (Wildman–Crippen MR) is 99.7 cm³/mol. The molecule has 0 aliphatic heterocycles. The average molecular weight is 318 g/mol. The lowest BCUT2D eigenvalue weighted by Crippen LogP contribution is -2.06. The van der Waals surface area contributed by atoms with Crippen LogP contribution in [0.3, 0.4) is 0 Å². The van der Waals surface area contributed by atoms with Crippen molar-refractivity contribution in [2.75, 3.05) is 10.6 Å². The molecule has 2 aromatic carbocycles. The van der Waals surface area contributed by atoms with E-state index in [4.69, 9.17) is 0 Å². The van der Waals surface area contributed by atoms with Gasteiger partial charge in [0.15, 0.2) is 0 Å². The van der Waals surface area contributed by atoms with E-state index in [0.29, 0.717) is 12.5 Å². The fourth-order valence-electron chi connectivity index (χ4n) is 2.46. The van der Waals surface area contributed by atoms with Crippen LogP contribution in [0.4, 0.5) is 17.5 Å². The second-order valence-corrected chi connectivity index (χ2v) is 5.98. The molecule has 0 saturated heterocycles. The van der Waals surface area contributed by atoms with Crippen molar-refractivity contribution in [1.82, 2.24) is 9.97 Å². The van der Waals surface area contributed by atoms with Gasteiger partial charge in [0.05, 0.1) is 0 Å². The molecule has 3 rings (SSSR count). The van der Waals surface area contributed by atoms with Crippen molar-refractivity contribution in [2.24, 2.45) is 0 Å². The summed E-state index contributed by atoms with van der Waals surface area (Å²) in [6, 6.07) is 18.5. The number of nitrogens with zero attached hydrogens (tertiary/aromatic N) is 2. The number of aryl methyl sites for hydroxylation is 3. The zero-order chi connectivity index (χ0) is 16.9. The molecule has 1 heterocycles. The smallest absolute Gasteiger partial charge is 0.225 e. The van der Waals surface area contributed by atoms with Crippen LogP contribution in [0.2, 0.25) is 0 Å². The van der Waals surface area contributed by atoms with Crippen LogP contribution in [0.5, 0.6) is 0 Å². The van der Waals surface area contributed by atoms with Crippen molar-refractivity contribution >= 4 is 17.5 Å². The topological polar surface area (TPSA) is 49.8 Å². The molecule has 0 spiro atoms. The lowest BCUT2D eigenvalue weighted by atomic mass is 10.1. The normalized spacial score (nSPS) is 10.5. The van der Waals surface area contributed by atoms with Gasteiger partial charge in [0, 0.05) is 24.0 Å². The van der Waals surface area contributed by atoms with Crippen LogP contribution >= 0.6 is 0 Å². The van der Waals surface area contributed by atoms with Gasteiger partial charge in [-0.05, 0) is 49.6 Å². The number of benzene rings is 2. The maximum Gasteiger partial charge on any atom is 0.225 e. The monoisotopic (exact) mass is 318 g/mol. The third kappa shape index (κ3) is 4.10. The Balaban J connectivity index is 1.74. The van der Waals surface area contributed by atoms with Gasteiger partial charge in [0.25, 0.3) is 0 Å². The third-order valence-electron chi connectivity index (χ3n) is 3.93. The Kier molecular flexibility index (Phi) is 4.75. The molecule has 2 N–H and O–H groups in total. The highest BCUT2D eigenvalue weighted by Crippen LogP contribution is 2.20. The second-order valence-electron chi connectivity index (χ2n) is 5.98. The zero-order valence-electron chi connectivity index (χ0n) is 14.3. The summed E-state index contributed by atoms with van der Waals surface area (Å²) in [5, 5.41) is 6.65. The molecule has 0 fully saturated rings. The van der Waals surface area contributed by atoms with E-state index in [1.807, 2.05) is 31.2 Å². The van der Waals surface area contributed by atoms with Crippen LogP contribution < -0.4 is 10.6 Å². The number of nitrogens with one attached hydrogen (secondary N) is 2. The van der Waals surface area contributed by atoms with E-state index in [1.165, 1.54) is 16.7 Å². The van der Waals surface area contributed by atoms with Crippen molar-refractivity contribution in [3.05, 3.63) is 77.0 Å². The molecular weight excluding hydrogens is 296 g/mol. The van der Waals surface area contributed by atoms with Crippen molar-refractivity contribution in [1.29, 1.82) is 0 Å². The number of anilines is 3. The van der Waals surface area contributed by atoms with Crippen LogP contribution in [0.25, 0.3) is 0 Å². The van der Waals surface area contributed by atoms with Gasteiger partial charge >= 0.3 is 0 Å². The van der Waals surface area contributed by atoms with Gasteiger partial charge in [0.1, 0.15) is 5.82 Å². The summed E-state index contributed by atoms with van der Waals surface area (Å²) in [5.41, 5.74) is 5.70. The molecule has 24 heavy (non-hydrogen) atoms. The molecule has 0 amide bonds. The molecule has 0 unspecified atom stereocenters. The van der Waals surface area contributed by atoms with Gasteiger partial charge in [-0.15, -0.1) is 0 Å². The van der Waals surface area contributed by atoms with E-state index in [0.717, 1.165) is 17.2 Å². The van der Waals surface area contributed by atoms with Gasteiger partial charge in [-0.1, -0.05) is 36.4 Å². The number of hydrogen-bond acceptors (Lipinski definition) is 4. The first-order valence-corrected chi connectivity index (χ1v) is 8.08. The summed E-state index contributed by atoms with van der Waals surface area (Å²) < 4.78 is 0. The summed E-state index contributed by atoms with van der Waals surface area (Å²) in [6.07, 6.45) is 0. The summed E-state index contributed by atoms with van der Waals surface area (Å²) in [4.78, 5) is 9.02. The van der Waals surface area contributed by atoms with E-state index < -0.39 is 0 Å². The molecule has 0 saturated carbocycles. The number of aromatic nitrogens is 2. The minimum Gasteiger partial charge on any atom is -0.350 e. The van der Waals surface area contributed by atoms with E-state index >= 15 is 0 Å². The van der Waals surface area contributed by atoms with E-state index in [2.05, 4.69) is 64.8 Å². The van der Waals surface area contributed by atoms with Crippen LogP contribution in [-0.2, 0) is 6.54 Å². The molecule has 0 radical (unpaired) electrons. The Morgan fingerprint density at radius 2 is 1.62 bits per heavy atom. The molecular formula is C20H22N4. The number of rotatable bonds is 5. The van der Waals surface area contributed by atoms with Gasteiger partial charge in [-0.2, -0.15) is 4.98 Å². The molecule has 1 aromatic heterocycles. The number of hydrogen-bond donors (Lipinski definition) is 2. The molecule has 3 aromatic rings. The Labute approximate surface area is 143 Å². The van der Waals surface area contributed by atoms with E-state index in [1.54, 1.807) is 0 Å². The lowest BCUT2D eigenvalue weighted by Gasteiger charge is -2.11. The minimum atomic E-state index is 0.630. The Morgan fingerprint density at radius 3 is 2.38 bits per heavy atom.